The van der Waals surface area contributed by atoms with Gasteiger partial charge in [-0.15, -0.1) is 0 Å². The molecule has 0 atom stereocenters. The van der Waals surface area contributed by atoms with Crippen molar-refractivity contribution in [2.75, 3.05) is 5.32 Å². The molecule has 6 nitrogen and oxygen atoms in total. The summed E-state index contributed by atoms with van der Waals surface area (Å²) < 4.78 is 1.85. The van der Waals surface area contributed by atoms with E-state index in [0.29, 0.717) is 0 Å². The lowest BCUT2D eigenvalue weighted by molar-refractivity contribution is -0.654. The second kappa shape index (κ2) is 9.78. The molecule has 3 aromatic carbocycles. The number of non-ortho nitro benzene ring substituents is 1. The number of halogens is 1. The fourth-order valence-corrected chi connectivity index (χ4v) is 3.62. The van der Waals surface area contributed by atoms with Crippen LogP contribution in [0, 0.1) is 10.1 Å². The van der Waals surface area contributed by atoms with Crippen molar-refractivity contribution in [1.29, 1.82) is 0 Å². The van der Waals surface area contributed by atoms with Crippen molar-refractivity contribution in [1.82, 2.24) is 5.10 Å². The number of anilines is 2. The van der Waals surface area contributed by atoms with Crippen LogP contribution in [0.25, 0.3) is 17.8 Å². The molecule has 0 saturated heterocycles. The maximum Gasteiger partial charge on any atom is 0.297 e. The molecule has 0 spiro atoms. The maximum atomic E-state index is 11.0. The lowest BCUT2D eigenvalue weighted by Crippen LogP contribution is -3.00. The molecule has 8 heteroatoms. The highest BCUT2D eigenvalue weighted by atomic mass is 35.5. The number of hydrogen-bond donors (Lipinski definition) is 1. The Kier molecular flexibility index (Phi) is 6.90. The zero-order chi connectivity index (χ0) is 20.1. The highest BCUT2D eigenvalue weighted by Crippen LogP contribution is 2.23. The van der Waals surface area contributed by atoms with Gasteiger partial charge in [0, 0.05) is 41.1 Å². The molecule has 0 unspecified atom stereocenters. The van der Waals surface area contributed by atoms with E-state index in [0.717, 1.165) is 27.1 Å². The van der Waals surface area contributed by atoms with Crippen molar-refractivity contribution in [3.63, 3.8) is 0 Å². The number of benzene rings is 3. The van der Waals surface area contributed by atoms with E-state index in [1.165, 1.54) is 17.4 Å². The molecule has 0 aliphatic heterocycles. The molecule has 4 rings (SSSR count). The second-order valence-corrected chi connectivity index (χ2v) is 7.18. The molecule has 0 radical (unpaired) electrons. The third-order valence-electron chi connectivity index (χ3n) is 4.13. The molecular weight excluding hydrogens is 420 g/mol. The van der Waals surface area contributed by atoms with Gasteiger partial charge in [0.2, 0.25) is 5.69 Å². The Labute approximate surface area is 183 Å². The first-order valence-corrected chi connectivity index (χ1v) is 9.74. The quantitative estimate of drug-likeness (QED) is 0.286. The van der Waals surface area contributed by atoms with Gasteiger partial charge in [-0.2, -0.15) is 0 Å². The summed E-state index contributed by atoms with van der Waals surface area (Å²) in [4.78, 5) is 10.6. The highest BCUT2D eigenvalue weighted by Gasteiger charge is 2.20. The topological polar surface area (TPSA) is 71.9 Å². The van der Waals surface area contributed by atoms with Crippen LogP contribution in [0.2, 0.25) is 0 Å². The first-order valence-electron chi connectivity index (χ1n) is 8.92. The molecule has 0 bridgehead atoms. The molecule has 0 aliphatic carbocycles. The third kappa shape index (κ3) is 5.08. The van der Waals surface area contributed by atoms with Crippen molar-refractivity contribution in [3.05, 3.63) is 106 Å². The Morgan fingerprint density at radius 3 is 2.33 bits per heavy atom. The lowest BCUT2D eigenvalue weighted by atomic mass is 10.2. The third-order valence-corrected chi connectivity index (χ3v) is 5.02. The van der Waals surface area contributed by atoms with E-state index in [4.69, 9.17) is 5.10 Å². The normalized spacial score (nSPS) is 10.5. The van der Waals surface area contributed by atoms with Crippen LogP contribution in [0.3, 0.4) is 0 Å². The summed E-state index contributed by atoms with van der Waals surface area (Å²) in [7, 11) is 0. The minimum Gasteiger partial charge on any atom is -1.00 e. The molecule has 30 heavy (non-hydrogen) atoms. The zero-order valence-corrected chi connectivity index (χ0v) is 17.3. The van der Waals surface area contributed by atoms with Crippen molar-refractivity contribution in [2.24, 2.45) is 0 Å². The molecule has 1 aromatic heterocycles. The van der Waals surface area contributed by atoms with E-state index in [1.807, 2.05) is 83.6 Å². The Morgan fingerprint density at radius 1 is 0.933 bits per heavy atom. The van der Waals surface area contributed by atoms with Crippen molar-refractivity contribution in [3.8, 4) is 5.69 Å². The van der Waals surface area contributed by atoms with Crippen LogP contribution in [0.15, 0.2) is 84.9 Å². The van der Waals surface area contributed by atoms with Crippen molar-refractivity contribution < 1.29 is 22.0 Å². The average Bonchev–Trinajstić information content (AvgIpc) is 3.16. The summed E-state index contributed by atoms with van der Waals surface area (Å²) in [5.41, 5.74) is 2.71. The predicted molar refractivity (Wildman–Crippen MR) is 115 cm³/mol. The van der Waals surface area contributed by atoms with E-state index >= 15 is 0 Å². The summed E-state index contributed by atoms with van der Waals surface area (Å²) in [6.07, 6.45) is 3.77. The van der Waals surface area contributed by atoms with Gasteiger partial charge in [0.1, 0.15) is 0 Å². The van der Waals surface area contributed by atoms with Gasteiger partial charge >= 0.3 is 0 Å². The number of nitro groups is 1. The monoisotopic (exact) mass is 436 g/mol. The average molecular weight is 437 g/mol. The highest BCUT2D eigenvalue weighted by molar-refractivity contribution is 7.15. The van der Waals surface area contributed by atoms with Crippen molar-refractivity contribution in [2.45, 2.75) is 0 Å². The van der Waals surface area contributed by atoms with Gasteiger partial charge in [-0.05, 0) is 39.8 Å². The fraction of sp³-hybridized carbons (Fsp3) is 0. The van der Waals surface area contributed by atoms with Crippen LogP contribution >= 0.6 is 11.3 Å². The molecule has 0 aliphatic rings. The smallest absolute Gasteiger partial charge is 0.297 e. The van der Waals surface area contributed by atoms with Crippen LogP contribution in [0.4, 0.5) is 16.5 Å². The number of hydrogen-bond acceptors (Lipinski definition) is 5. The van der Waals surface area contributed by atoms with Gasteiger partial charge in [-0.1, -0.05) is 48.5 Å². The Balaban J connectivity index is 0.00000256. The van der Waals surface area contributed by atoms with Gasteiger partial charge in [0.05, 0.1) is 4.92 Å². The number of rotatable bonds is 6. The maximum absolute atomic E-state index is 11.0. The SMILES string of the molecule is O=[N+]([O-])c1cccc(/C=C/c2sc(Nc3ccccc3)n[n+]2-c2ccccc2)c1.[Cl-]. The Hall–Kier alpha value is -3.55. The van der Waals surface area contributed by atoms with E-state index in [9.17, 15) is 10.1 Å². The van der Waals surface area contributed by atoms with E-state index in [2.05, 4.69) is 5.32 Å². The fourth-order valence-electron chi connectivity index (χ4n) is 2.77. The van der Waals surface area contributed by atoms with Gasteiger partial charge in [-0.25, -0.2) is 0 Å². The summed E-state index contributed by atoms with van der Waals surface area (Å²) in [5, 5.41) is 20.7. The minimum atomic E-state index is -0.393. The molecular formula is C22H17ClN4O2S. The van der Waals surface area contributed by atoms with Crippen molar-refractivity contribution >= 4 is 40.0 Å². The number of aromatic nitrogens is 2. The summed E-state index contributed by atoms with van der Waals surface area (Å²) >= 11 is 1.50. The van der Waals surface area contributed by atoms with E-state index in [-0.39, 0.29) is 18.1 Å². The molecule has 0 amide bonds. The van der Waals surface area contributed by atoms with Gasteiger partial charge in [-0.3, -0.25) is 10.1 Å². The molecule has 0 fully saturated rings. The van der Waals surface area contributed by atoms with Crippen LogP contribution in [0.1, 0.15) is 10.6 Å². The molecule has 1 heterocycles. The molecule has 1 N–H and O–H groups in total. The lowest BCUT2D eigenvalue weighted by Gasteiger charge is -1.97. The molecule has 4 aromatic rings. The second-order valence-electron chi connectivity index (χ2n) is 6.17. The largest absolute Gasteiger partial charge is 1.00 e. The number of nitrogens with zero attached hydrogens (tertiary/aromatic N) is 3. The van der Waals surface area contributed by atoms with Crippen LogP contribution in [-0.2, 0) is 0 Å². The van der Waals surface area contributed by atoms with Gasteiger partial charge in [0.15, 0.2) is 0 Å². The van der Waals surface area contributed by atoms with E-state index < -0.39 is 4.92 Å². The van der Waals surface area contributed by atoms with Crippen LogP contribution in [-0.4, -0.2) is 10.0 Å². The van der Waals surface area contributed by atoms with Gasteiger partial charge < -0.3 is 17.7 Å². The summed E-state index contributed by atoms with van der Waals surface area (Å²) in [6, 6.07) is 26.2. The number of nitro benzene ring substituents is 1. The summed E-state index contributed by atoms with van der Waals surface area (Å²) in [5.74, 6) is 0. The van der Waals surface area contributed by atoms with Crippen LogP contribution in [0.5, 0.6) is 0 Å². The molecule has 150 valence electrons. The zero-order valence-electron chi connectivity index (χ0n) is 15.7. The van der Waals surface area contributed by atoms with Crippen LogP contribution < -0.4 is 22.4 Å². The first-order chi connectivity index (χ1) is 14.2. The number of nitrogens with one attached hydrogen (secondary N) is 1. The number of para-hydroxylation sites is 2. The standard InChI is InChI=1S/C22H17N4O2S.ClH/c27-26(28)20-13-7-8-17(16-20)14-15-21-25(19-11-5-2-6-12-19)24-22(29-21)23-18-9-3-1-4-10-18;/h1-16H,(H,23,24);1H/q+1;/p-1/b15-14+;. The predicted octanol–water partition coefficient (Wildman–Crippen LogP) is 2.25. The summed E-state index contributed by atoms with van der Waals surface area (Å²) in [6.45, 7) is 0. The van der Waals surface area contributed by atoms with Gasteiger partial charge in [0.25, 0.3) is 15.8 Å². The molecule has 0 saturated carbocycles. The Bertz CT molecular complexity index is 1160. The Morgan fingerprint density at radius 2 is 1.63 bits per heavy atom. The van der Waals surface area contributed by atoms with E-state index in [1.54, 1.807) is 12.1 Å². The first kappa shape index (κ1) is 21.2. The minimum absolute atomic E-state index is 0.